The lowest BCUT2D eigenvalue weighted by atomic mass is 9.76. The van der Waals surface area contributed by atoms with E-state index in [0.717, 1.165) is 30.0 Å². The molecule has 1 aliphatic carbocycles. The standard InChI is InChI=1S/C14H23N3OS/c1-9-11(12(15)19)13(17(4)16-9)18-10-5-7-14(2,3)8-6-10/h10H,5-8H2,1-4H3,(H2,15,19). The Balaban J connectivity index is 2.14. The van der Waals surface area contributed by atoms with Crippen molar-refractivity contribution in [3.05, 3.63) is 11.3 Å². The highest BCUT2D eigenvalue weighted by molar-refractivity contribution is 7.80. The van der Waals surface area contributed by atoms with Gasteiger partial charge in [0.05, 0.1) is 11.3 Å². The Morgan fingerprint density at radius 3 is 2.53 bits per heavy atom. The molecule has 1 heterocycles. The van der Waals surface area contributed by atoms with Crippen molar-refractivity contribution in [1.29, 1.82) is 0 Å². The van der Waals surface area contributed by atoms with Gasteiger partial charge in [0.15, 0.2) is 0 Å². The van der Waals surface area contributed by atoms with Crippen LogP contribution in [0.3, 0.4) is 0 Å². The summed E-state index contributed by atoms with van der Waals surface area (Å²) < 4.78 is 7.87. The number of aromatic nitrogens is 2. The lowest BCUT2D eigenvalue weighted by Gasteiger charge is -2.34. The fourth-order valence-corrected chi connectivity index (χ4v) is 2.94. The van der Waals surface area contributed by atoms with Crippen LogP contribution >= 0.6 is 12.2 Å². The van der Waals surface area contributed by atoms with Gasteiger partial charge in [0.25, 0.3) is 0 Å². The monoisotopic (exact) mass is 281 g/mol. The fourth-order valence-electron chi connectivity index (χ4n) is 2.70. The zero-order valence-electron chi connectivity index (χ0n) is 12.2. The molecule has 1 aliphatic rings. The first kappa shape index (κ1) is 14.3. The predicted molar refractivity (Wildman–Crippen MR) is 80.5 cm³/mol. The van der Waals surface area contributed by atoms with Gasteiger partial charge in [-0.25, -0.2) is 4.68 Å². The van der Waals surface area contributed by atoms with Crippen LogP contribution in [0.1, 0.15) is 50.8 Å². The number of aryl methyl sites for hydroxylation is 2. The second-order valence-corrected chi connectivity index (χ2v) is 6.67. The number of hydrogen-bond acceptors (Lipinski definition) is 3. The van der Waals surface area contributed by atoms with Gasteiger partial charge in [-0.05, 0) is 38.0 Å². The van der Waals surface area contributed by atoms with Crippen molar-refractivity contribution in [1.82, 2.24) is 9.78 Å². The summed E-state index contributed by atoms with van der Waals surface area (Å²) in [5.74, 6) is 0.717. The van der Waals surface area contributed by atoms with Crippen LogP contribution in [-0.4, -0.2) is 20.9 Å². The van der Waals surface area contributed by atoms with E-state index in [1.165, 1.54) is 12.8 Å². The summed E-state index contributed by atoms with van der Waals surface area (Å²) in [4.78, 5) is 0.358. The third kappa shape index (κ3) is 3.08. The van der Waals surface area contributed by atoms with E-state index in [0.29, 0.717) is 10.4 Å². The van der Waals surface area contributed by atoms with Gasteiger partial charge in [0.1, 0.15) is 11.1 Å². The largest absolute Gasteiger partial charge is 0.474 e. The molecular weight excluding hydrogens is 258 g/mol. The summed E-state index contributed by atoms with van der Waals surface area (Å²) in [7, 11) is 1.87. The average Bonchev–Trinajstić information content (AvgIpc) is 2.56. The number of ether oxygens (including phenoxy) is 1. The van der Waals surface area contributed by atoms with Gasteiger partial charge < -0.3 is 10.5 Å². The molecule has 0 aliphatic heterocycles. The lowest BCUT2D eigenvalue weighted by molar-refractivity contribution is 0.0910. The van der Waals surface area contributed by atoms with Gasteiger partial charge in [-0.1, -0.05) is 26.1 Å². The van der Waals surface area contributed by atoms with Crippen LogP contribution in [0.15, 0.2) is 0 Å². The maximum Gasteiger partial charge on any atom is 0.222 e. The van der Waals surface area contributed by atoms with Crippen molar-refractivity contribution < 1.29 is 4.74 Å². The minimum absolute atomic E-state index is 0.246. The van der Waals surface area contributed by atoms with Crippen LogP contribution < -0.4 is 10.5 Å². The number of nitrogens with zero attached hydrogens (tertiary/aromatic N) is 2. The van der Waals surface area contributed by atoms with Crippen molar-refractivity contribution in [2.75, 3.05) is 0 Å². The van der Waals surface area contributed by atoms with E-state index in [1.807, 2.05) is 14.0 Å². The van der Waals surface area contributed by atoms with E-state index in [4.69, 9.17) is 22.7 Å². The topological polar surface area (TPSA) is 53.1 Å². The van der Waals surface area contributed by atoms with Crippen molar-refractivity contribution in [3.8, 4) is 5.88 Å². The molecule has 1 fully saturated rings. The summed E-state index contributed by atoms with van der Waals surface area (Å²) in [6.07, 6.45) is 4.78. The molecule has 5 heteroatoms. The van der Waals surface area contributed by atoms with Crippen molar-refractivity contribution in [2.45, 2.75) is 52.6 Å². The zero-order chi connectivity index (χ0) is 14.2. The van der Waals surface area contributed by atoms with E-state index >= 15 is 0 Å². The molecule has 0 radical (unpaired) electrons. The van der Waals surface area contributed by atoms with Crippen LogP contribution in [0.5, 0.6) is 5.88 Å². The van der Waals surface area contributed by atoms with Crippen molar-refractivity contribution in [3.63, 3.8) is 0 Å². The number of nitrogens with two attached hydrogens (primary N) is 1. The molecule has 19 heavy (non-hydrogen) atoms. The summed E-state index contributed by atoms with van der Waals surface area (Å²) >= 11 is 5.10. The maximum absolute atomic E-state index is 6.13. The van der Waals surface area contributed by atoms with Gasteiger partial charge in [-0.3, -0.25) is 0 Å². The van der Waals surface area contributed by atoms with Crippen LogP contribution in [0.4, 0.5) is 0 Å². The first-order valence-corrected chi connectivity index (χ1v) is 7.21. The highest BCUT2D eigenvalue weighted by atomic mass is 32.1. The first-order chi connectivity index (χ1) is 8.80. The normalized spacial score (nSPS) is 19.4. The molecule has 0 amide bonds. The Bertz CT molecular complexity index is 483. The molecular formula is C14H23N3OS. The van der Waals surface area contributed by atoms with Crippen LogP contribution in [0.25, 0.3) is 0 Å². The average molecular weight is 281 g/mol. The quantitative estimate of drug-likeness (QED) is 0.866. The fraction of sp³-hybridized carbons (Fsp3) is 0.714. The minimum atomic E-state index is 0.246. The SMILES string of the molecule is Cc1nn(C)c(OC2CCC(C)(C)CC2)c1C(N)=S. The van der Waals surface area contributed by atoms with E-state index in [9.17, 15) is 0 Å². The molecule has 106 valence electrons. The van der Waals surface area contributed by atoms with Crippen LogP contribution in [0.2, 0.25) is 0 Å². The molecule has 2 N–H and O–H groups in total. The van der Waals surface area contributed by atoms with Gasteiger partial charge >= 0.3 is 0 Å². The molecule has 0 spiro atoms. The molecule has 4 nitrogen and oxygen atoms in total. The predicted octanol–water partition coefficient (Wildman–Crippen LogP) is 2.71. The first-order valence-electron chi connectivity index (χ1n) is 6.80. The van der Waals surface area contributed by atoms with Crippen LogP contribution in [-0.2, 0) is 7.05 Å². The minimum Gasteiger partial charge on any atom is -0.474 e. The Labute approximate surface area is 120 Å². The Morgan fingerprint density at radius 2 is 2.00 bits per heavy atom. The highest BCUT2D eigenvalue weighted by Crippen LogP contribution is 2.37. The molecule has 0 aromatic carbocycles. The van der Waals surface area contributed by atoms with Gasteiger partial charge in [0, 0.05) is 7.05 Å². The smallest absolute Gasteiger partial charge is 0.222 e. The van der Waals surface area contributed by atoms with Gasteiger partial charge in [-0.15, -0.1) is 0 Å². The van der Waals surface area contributed by atoms with E-state index in [-0.39, 0.29) is 6.10 Å². The molecule has 0 atom stereocenters. The number of hydrogen-bond donors (Lipinski definition) is 1. The molecule has 1 aromatic heterocycles. The summed E-state index contributed by atoms with van der Waals surface area (Å²) in [5.41, 5.74) is 7.83. The second-order valence-electron chi connectivity index (χ2n) is 6.23. The van der Waals surface area contributed by atoms with Crippen LogP contribution in [0, 0.1) is 12.3 Å². The Hall–Kier alpha value is -1.10. The molecule has 0 bridgehead atoms. The Kier molecular flexibility index (Phi) is 3.85. The molecule has 1 aromatic rings. The maximum atomic E-state index is 6.13. The highest BCUT2D eigenvalue weighted by Gasteiger charge is 2.29. The summed E-state index contributed by atoms with van der Waals surface area (Å²) in [5, 5.41) is 4.35. The molecule has 2 rings (SSSR count). The molecule has 0 unspecified atom stereocenters. The Morgan fingerprint density at radius 1 is 1.42 bits per heavy atom. The third-order valence-electron chi connectivity index (χ3n) is 3.98. The second kappa shape index (κ2) is 5.12. The van der Waals surface area contributed by atoms with Gasteiger partial charge in [-0.2, -0.15) is 5.10 Å². The summed E-state index contributed by atoms with van der Waals surface area (Å²) in [6, 6.07) is 0. The zero-order valence-corrected chi connectivity index (χ0v) is 13.0. The third-order valence-corrected chi connectivity index (χ3v) is 4.18. The van der Waals surface area contributed by atoms with E-state index < -0.39 is 0 Å². The van der Waals surface area contributed by atoms with Crippen molar-refractivity contribution >= 4 is 17.2 Å². The van der Waals surface area contributed by atoms with Crippen molar-refractivity contribution in [2.24, 2.45) is 18.2 Å². The molecule has 1 saturated carbocycles. The lowest BCUT2D eigenvalue weighted by Crippen LogP contribution is -2.29. The number of rotatable bonds is 3. The molecule has 0 saturated heterocycles. The van der Waals surface area contributed by atoms with E-state index in [1.54, 1.807) is 4.68 Å². The summed E-state index contributed by atoms with van der Waals surface area (Å²) in [6.45, 7) is 6.54. The number of thiocarbonyl (C=S) groups is 1. The van der Waals surface area contributed by atoms with Gasteiger partial charge in [0.2, 0.25) is 5.88 Å². The van der Waals surface area contributed by atoms with E-state index in [2.05, 4.69) is 18.9 Å².